The fourth-order valence-electron chi connectivity index (χ4n) is 6.11. The van der Waals surface area contributed by atoms with Gasteiger partial charge in [0.1, 0.15) is 0 Å². The summed E-state index contributed by atoms with van der Waals surface area (Å²) < 4.78 is 0. The second-order valence-corrected chi connectivity index (χ2v) is 10.7. The number of hydrogen-bond donors (Lipinski definition) is 1. The molecule has 6 aromatic carbocycles. The Bertz CT molecular complexity index is 1790. The Morgan fingerprint density at radius 1 is 0.447 bits per heavy atom. The molecule has 0 heterocycles. The third kappa shape index (κ3) is 3.63. The van der Waals surface area contributed by atoms with Crippen molar-refractivity contribution in [1.29, 1.82) is 0 Å². The van der Waals surface area contributed by atoms with Crippen LogP contribution in [0.2, 0.25) is 0 Å². The van der Waals surface area contributed by atoms with E-state index in [4.69, 9.17) is 0 Å². The first-order valence-corrected chi connectivity index (χ1v) is 13.3. The molecule has 0 spiro atoms. The molecule has 0 saturated carbocycles. The Kier molecular flexibility index (Phi) is 5.19. The molecule has 1 heteroatoms. The van der Waals surface area contributed by atoms with Crippen LogP contribution in [-0.4, -0.2) is 0 Å². The van der Waals surface area contributed by atoms with Crippen LogP contribution in [0.25, 0.3) is 44.2 Å². The van der Waals surface area contributed by atoms with E-state index in [1.165, 1.54) is 55.3 Å². The second kappa shape index (κ2) is 8.75. The van der Waals surface area contributed by atoms with E-state index in [2.05, 4.69) is 153 Å². The molecule has 1 nitrogen and oxygen atoms in total. The molecular formula is C37H29N. The van der Waals surface area contributed by atoms with Crippen molar-refractivity contribution in [2.24, 2.45) is 0 Å². The van der Waals surface area contributed by atoms with E-state index in [-0.39, 0.29) is 5.41 Å². The van der Waals surface area contributed by atoms with Crippen LogP contribution < -0.4 is 5.32 Å². The zero-order chi connectivity index (χ0) is 25.7. The van der Waals surface area contributed by atoms with Crippen molar-refractivity contribution in [2.45, 2.75) is 19.3 Å². The minimum atomic E-state index is 0.0155. The Balaban J connectivity index is 1.16. The molecule has 0 aromatic heterocycles. The van der Waals surface area contributed by atoms with E-state index < -0.39 is 0 Å². The van der Waals surface area contributed by atoms with Crippen molar-refractivity contribution >= 4 is 22.1 Å². The number of fused-ring (bicyclic) bond motifs is 4. The highest BCUT2D eigenvalue weighted by Gasteiger charge is 2.36. The molecule has 1 N–H and O–H groups in total. The molecule has 0 radical (unpaired) electrons. The summed E-state index contributed by atoms with van der Waals surface area (Å²) in [6.45, 7) is 4.67. The van der Waals surface area contributed by atoms with Crippen LogP contribution in [0.1, 0.15) is 25.0 Å². The molecule has 0 unspecified atom stereocenters. The quantitative estimate of drug-likeness (QED) is 0.261. The maximum Gasteiger partial charge on any atom is 0.0384 e. The average Bonchev–Trinajstić information content (AvgIpc) is 3.20. The van der Waals surface area contributed by atoms with Crippen molar-refractivity contribution in [3.63, 3.8) is 0 Å². The van der Waals surface area contributed by atoms with Crippen LogP contribution in [0.5, 0.6) is 0 Å². The minimum absolute atomic E-state index is 0.0155. The summed E-state index contributed by atoms with van der Waals surface area (Å²) in [6.07, 6.45) is 0. The fraction of sp³-hybridized carbons (Fsp3) is 0.0811. The van der Waals surface area contributed by atoms with Crippen LogP contribution in [-0.2, 0) is 5.41 Å². The number of rotatable bonds is 4. The molecule has 0 atom stereocenters. The van der Waals surface area contributed by atoms with E-state index in [9.17, 15) is 0 Å². The van der Waals surface area contributed by atoms with E-state index in [1.54, 1.807) is 0 Å². The number of anilines is 2. The van der Waals surface area contributed by atoms with Crippen molar-refractivity contribution in [3.05, 3.63) is 145 Å². The zero-order valence-corrected chi connectivity index (χ0v) is 21.7. The third-order valence-electron chi connectivity index (χ3n) is 8.08. The zero-order valence-electron chi connectivity index (χ0n) is 21.7. The van der Waals surface area contributed by atoms with Gasteiger partial charge in [0.25, 0.3) is 0 Å². The first-order valence-electron chi connectivity index (χ1n) is 13.3. The topological polar surface area (TPSA) is 12.0 Å². The molecule has 7 rings (SSSR count). The van der Waals surface area contributed by atoms with Gasteiger partial charge in [0.05, 0.1) is 0 Å². The molecule has 6 aromatic rings. The number of benzene rings is 6. The maximum atomic E-state index is 3.58. The van der Waals surface area contributed by atoms with Crippen LogP contribution in [0.4, 0.5) is 11.4 Å². The lowest BCUT2D eigenvalue weighted by molar-refractivity contribution is 0.660. The molecule has 0 amide bonds. The Labute approximate surface area is 224 Å². The summed E-state index contributed by atoms with van der Waals surface area (Å²) >= 11 is 0. The van der Waals surface area contributed by atoms with Crippen molar-refractivity contribution < 1.29 is 0 Å². The first-order chi connectivity index (χ1) is 18.6. The van der Waals surface area contributed by atoms with Gasteiger partial charge in [0.2, 0.25) is 0 Å². The largest absolute Gasteiger partial charge is 0.356 e. The van der Waals surface area contributed by atoms with Gasteiger partial charge in [0, 0.05) is 16.8 Å². The Morgan fingerprint density at radius 2 is 0.974 bits per heavy atom. The van der Waals surface area contributed by atoms with Crippen LogP contribution in [0.15, 0.2) is 133 Å². The monoisotopic (exact) mass is 487 g/mol. The van der Waals surface area contributed by atoms with E-state index in [0.29, 0.717) is 0 Å². The van der Waals surface area contributed by atoms with Gasteiger partial charge in [-0.05, 0) is 79.5 Å². The minimum Gasteiger partial charge on any atom is -0.356 e. The third-order valence-corrected chi connectivity index (χ3v) is 8.08. The molecule has 182 valence electrons. The molecule has 1 aliphatic carbocycles. The van der Waals surface area contributed by atoms with E-state index in [0.717, 1.165) is 11.4 Å². The standard InChI is InChI=1S/C37H29N/c1-37(2)34-15-6-5-12-33(34)36-32(14-8-16-35(36)37)27-19-23-29(24-20-27)38-28-21-17-26(18-22-28)31-13-7-10-25-9-3-4-11-30(25)31/h3-24,38H,1-2H3. The predicted octanol–water partition coefficient (Wildman–Crippen LogP) is 10.2. The smallest absolute Gasteiger partial charge is 0.0384 e. The van der Waals surface area contributed by atoms with Gasteiger partial charge in [0.15, 0.2) is 0 Å². The van der Waals surface area contributed by atoms with Crippen molar-refractivity contribution in [3.8, 4) is 33.4 Å². The summed E-state index contributed by atoms with van der Waals surface area (Å²) in [5.74, 6) is 0. The molecule has 0 bridgehead atoms. The summed E-state index contributed by atoms with van der Waals surface area (Å²) in [5.41, 5.74) is 12.8. The normalized spacial score (nSPS) is 13.2. The van der Waals surface area contributed by atoms with Crippen molar-refractivity contribution in [1.82, 2.24) is 0 Å². The summed E-state index contributed by atoms with van der Waals surface area (Å²) in [5, 5.41) is 6.13. The van der Waals surface area contributed by atoms with Crippen LogP contribution in [0.3, 0.4) is 0 Å². The SMILES string of the molecule is CC1(C)c2ccccc2-c2c(-c3ccc(Nc4ccc(-c5cccc6ccccc56)cc4)cc3)cccc21. The van der Waals surface area contributed by atoms with E-state index >= 15 is 0 Å². The van der Waals surface area contributed by atoms with Gasteiger partial charge in [-0.25, -0.2) is 0 Å². The molecule has 1 aliphatic rings. The van der Waals surface area contributed by atoms with Gasteiger partial charge in [-0.1, -0.05) is 123 Å². The van der Waals surface area contributed by atoms with Crippen LogP contribution >= 0.6 is 0 Å². The first kappa shape index (κ1) is 22.6. The summed E-state index contributed by atoms with van der Waals surface area (Å²) in [6, 6.07) is 48.2. The van der Waals surface area contributed by atoms with Gasteiger partial charge in [-0.2, -0.15) is 0 Å². The van der Waals surface area contributed by atoms with Gasteiger partial charge >= 0.3 is 0 Å². The predicted molar refractivity (Wildman–Crippen MR) is 162 cm³/mol. The summed E-state index contributed by atoms with van der Waals surface area (Å²) in [4.78, 5) is 0. The highest BCUT2D eigenvalue weighted by Crippen LogP contribution is 2.51. The molecule has 0 fully saturated rings. The lowest BCUT2D eigenvalue weighted by Crippen LogP contribution is -2.14. The number of hydrogen-bond acceptors (Lipinski definition) is 1. The Morgan fingerprint density at radius 3 is 1.74 bits per heavy atom. The average molecular weight is 488 g/mol. The second-order valence-electron chi connectivity index (χ2n) is 10.7. The molecule has 0 aliphatic heterocycles. The summed E-state index contributed by atoms with van der Waals surface area (Å²) in [7, 11) is 0. The van der Waals surface area contributed by atoms with E-state index in [1.807, 2.05) is 0 Å². The highest BCUT2D eigenvalue weighted by molar-refractivity contribution is 5.97. The highest BCUT2D eigenvalue weighted by atomic mass is 14.9. The van der Waals surface area contributed by atoms with Gasteiger partial charge in [-0.15, -0.1) is 0 Å². The van der Waals surface area contributed by atoms with Gasteiger partial charge in [-0.3, -0.25) is 0 Å². The van der Waals surface area contributed by atoms with Crippen LogP contribution in [0, 0.1) is 0 Å². The maximum absolute atomic E-state index is 3.58. The lowest BCUT2D eigenvalue weighted by Gasteiger charge is -2.21. The fourth-order valence-corrected chi connectivity index (χ4v) is 6.11. The molecular weight excluding hydrogens is 458 g/mol. The molecule has 0 saturated heterocycles. The van der Waals surface area contributed by atoms with Crippen molar-refractivity contribution in [2.75, 3.05) is 5.32 Å². The Hall–Kier alpha value is -4.62. The molecule has 38 heavy (non-hydrogen) atoms. The lowest BCUT2D eigenvalue weighted by atomic mass is 9.82. The van der Waals surface area contributed by atoms with Gasteiger partial charge < -0.3 is 5.32 Å². The number of nitrogens with one attached hydrogen (secondary N) is 1.